The summed E-state index contributed by atoms with van der Waals surface area (Å²) in [6, 6.07) is 3.13. The minimum atomic E-state index is -3.20. The quantitative estimate of drug-likeness (QED) is 0.815. The average molecular weight is 333 g/mol. The normalized spacial score (nSPS) is 16.8. The summed E-state index contributed by atoms with van der Waals surface area (Å²) in [5, 5.41) is 3.08. The number of carbonyl (C=O) groups excluding carboxylic acids is 1. The Morgan fingerprint density at radius 2 is 1.90 bits per heavy atom. The zero-order chi connectivity index (χ0) is 15.6. The molecule has 1 aliphatic rings. The highest BCUT2D eigenvalue weighted by Gasteiger charge is 2.26. The Balaban J connectivity index is 2.10. The van der Waals surface area contributed by atoms with Gasteiger partial charge in [-0.25, -0.2) is 13.4 Å². The molecule has 0 aromatic carbocycles. The van der Waals surface area contributed by atoms with Gasteiger partial charge in [0, 0.05) is 38.8 Å². The molecule has 1 N–H and O–H groups in total. The Kier molecular flexibility index (Phi) is 4.70. The lowest BCUT2D eigenvalue weighted by Crippen LogP contribution is -2.50. The Morgan fingerprint density at radius 3 is 2.43 bits per heavy atom. The molecule has 21 heavy (non-hydrogen) atoms. The Hall–Kier alpha value is -1.38. The van der Waals surface area contributed by atoms with Crippen molar-refractivity contribution in [2.24, 2.45) is 0 Å². The van der Waals surface area contributed by atoms with Gasteiger partial charge in [-0.05, 0) is 12.1 Å². The van der Waals surface area contributed by atoms with E-state index in [2.05, 4.69) is 10.3 Å². The number of carbonyl (C=O) groups is 1. The topological polar surface area (TPSA) is 82.6 Å². The first-order chi connectivity index (χ1) is 9.81. The third-order valence-corrected chi connectivity index (χ3v) is 4.79. The molecule has 0 atom stereocenters. The van der Waals surface area contributed by atoms with Crippen LogP contribution in [-0.4, -0.2) is 68.0 Å². The van der Waals surface area contributed by atoms with Crippen LogP contribution >= 0.6 is 11.6 Å². The van der Waals surface area contributed by atoms with Crippen LogP contribution < -0.4 is 5.32 Å². The van der Waals surface area contributed by atoms with Crippen LogP contribution in [-0.2, 0) is 10.0 Å². The third kappa shape index (κ3) is 3.84. The summed E-state index contributed by atoms with van der Waals surface area (Å²) in [7, 11) is -1.51. The maximum atomic E-state index is 12.4. The molecule has 7 nitrogen and oxygen atoms in total. The van der Waals surface area contributed by atoms with Crippen LogP contribution in [0, 0.1) is 0 Å². The second-order valence-corrected chi connectivity index (χ2v) is 7.14. The fourth-order valence-corrected chi connectivity index (χ4v) is 3.19. The monoisotopic (exact) mass is 332 g/mol. The van der Waals surface area contributed by atoms with E-state index in [1.807, 2.05) is 0 Å². The van der Waals surface area contributed by atoms with Crippen molar-refractivity contribution < 1.29 is 13.2 Å². The molecule has 0 radical (unpaired) electrons. The summed E-state index contributed by atoms with van der Waals surface area (Å²) in [5.74, 6) is 0.338. The fraction of sp³-hybridized carbons (Fsp3) is 0.500. The van der Waals surface area contributed by atoms with E-state index in [1.165, 1.54) is 16.6 Å². The van der Waals surface area contributed by atoms with E-state index in [0.29, 0.717) is 37.6 Å². The third-order valence-electron chi connectivity index (χ3n) is 3.29. The number of aromatic nitrogens is 1. The molecule has 1 aromatic heterocycles. The van der Waals surface area contributed by atoms with Gasteiger partial charge < -0.3 is 10.2 Å². The molecule has 0 saturated carbocycles. The predicted molar refractivity (Wildman–Crippen MR) is 81.1 cm³/mol. The minimum Gasteiger partial charge on any atom is -0.373 e. The van der Waals surface area contributed by atoms with E-state index in [4.69, 9.17) is 11.6 Å². The summed E-state index contributed by atoms with van der Waals surface area (Å²) in [6.07, 6.45) is 1.17. The Bertz CT molecular complexity index is 642. The van der Waals surface area contributed by atoms with Gasteiger partial charge >= 0.3 is 0 Å². The van der Waals surface area contributed by atoms with E-state index >= 15 is 0 Å². The lowest BCUT2D eigenvalue weighted by Gasteiger charge is -2.33. The van der Waals surface area contributed by atoms with Crippen LogP contribution in [0.25, 0.3) is 0 Å². The second-order valence-electron chi connectivity index (χ2n) is 4.77. The number of pyridine rings is 1. The van der Waals surface area contributed by atoms with Crippen LogP contribution in [0.15, 0.2) is 12.1 Å². The predicted octanol–water partition coefficient (Wildman–Crippen LogP) is 0.494. The molecular formula is C12H17ClN4O3S. The van der Waals surface area contributed by atoms with Crippen molar-refractivity contribution in [1.82, 2.24) is 14.2 Å². The van der Waals surface area contributed by atoms with Gasteiger partial charge in [0.1, 0.15) is 11.0 Å². The van der Waals surface area contributed by atoms with Gasteiger partial charge in [0.2, 0.25) is 10.0 Å². The van der Waals surface area contributed by atoms with Crippen molar-refractivity contribution in [2.45, 2.75) is 0 Å². The van der Waals surface area contributed by atoms with Gasteiger partial charge in [0.15, 0.2) is 0 Å². The smallest absolute Gasteiger partial charge is 0.254 e. The second kappa shape index (κ2) is 6.17. The molecule has 1 aromatic rings. The lowest BCUT2D eigenvalue weighted by molar-refractivity contribution is 0.0698. The molecule has 1 aliphatic heterocycles. The standard InChI is InChI=1S/C12H17ClN4O3S/c1-14-11-8-9(7-10(13)15-11)12(18)16-3-5-17(6-4-16)21(2,19)20/h7-8H,3-6H2,1-2H3,(H,14,15). The molecule has 0 unspecified atom stereocenters. The molecule has 1 amide bonds. The van der Waals surface area contributed by atoms with Crippen molar-refractivity contribution >= 4 is 33.3 Å². The SMILES string of the molecule is CNc1cc(C(=O)N2CCN(S(C)(=O)=O)CC2)cc(Cl)n1. The van der Waals surface area contributed by atoms with Crippen LogP contribution in [0.4, 0.5) is 5.82 Å². The number of sulfonamides is 1. The molecule has 0 bridgehead atoms. The number of hydrogen-bond acceptors (Lipinski definition) is 5. The number of piperazine rings is 1. The van der Waals surface area contributed by atoms with E-state index in [0.717, 1.165) is 0 Å². The summed E-state index contributed by atoms with van der Waals surface area (Å²) in [6.45, 7) is 1.34. The summed E-state index contributed by atoms with van der Waals surface area (Å²) < 4.78 is 24.3. The van der Waals surface area contributed by atoms with Gasteiger partial charge in [-0.15, -0.1) is 0 Å². The molecule has 2 heterocycles. The van der Waals surface area contributed by atoms with Crippen LogP contribution in [0.3, 0.4) is 0 Å². The number of hydrogen-bond donors (Lipinski definition) is 1. The highest BCUT2D eigenvalue weighted by atomic mass is 35.5. The lowest BCUT2D eigenvalue weighted by atomic mass is 10.2. The zero-order valence-corrected chi connectivity index (χ0v) is 13.4. The summed E-state index contributed by atoms with van der Waals surface area (Å²) in [4.78, 5) is 18.1. The van der Waals surface area contributed by atoms with Crippen molar-refractivity contribution in [3.8, 4) is 0 Å². The molecule has 0 aliphatic carbocycles. The van der Waals surface area contributed by atoms with E-state index < -0.39 is 10.0 Å². The highest BCUT2D eigenvalue weighted by molar-refractivity contribution is 7.88. The molecule has 1 saturated heterocycles. The highest BCUT2D eigenvalue weighted by Crippen LogP contribution is 2.17. The molecular weight excluding hydrogens is 316 g/mol. The number of rotatable bonds is 3. The Labute approximate surface area is 128 Å². The average Bonchev–Trinajstić information content (AvgIpc) is 2.45. The van der Waals surface area contributed by atoms with E-state index in [9.17, 15) is 13.2 Å². The molecule has 0 spiro atoms. The van der Waals surface area contributed by atoms with E-state index in [-0.39, 0.29) is 11.1 Å². The van der Waals surface area contributed by atoms with Gasteiger partial charge in [-0.2, -0.15) is 4.31 Å². The number of nitrogens with zero attached hydrogens (tertiary/aromatic N) is 3. The minimum absolute atomic E-state index is 0.177. The summed E-state index contributed by atoms with van der Waals surface area (Å²) >= 11 is 5.89. The first-order valence-corrected chi connectivity index (χ1v) is 8.63. The van der Waals surface area contributed by atoms with Crippen LogP contribution in [0.1, 0.15) is 10.4 Å². The first-order valence-electron chi connectivity index (χ1n) is 6.41. The number of nitrogens with one attached hydrogen (secondary N) is 1. The number of anilines is 1. The number of amides is 1. The van der Waals surface area contributed by atoms with Crippen LogP contribution in [0.2, 0.25) is 5.15 Å². The molecule has 116 valence electrons. The van der Waals surface area contributed by atoms with Crippen LogP contribution in [0.5, 0.6) is 0 Å². The summed E-state index contributed by atoms with van der Waals surface area (Å²) in [5.41, 5.74) is 0.437. The van der Waals surface area contributed by atoms with Gasteiger partial charge in [0.05, 0.1) is 6.26 Å². The van der Waals surface area contributed by atoms with Crippen molar-refractivity contribution in [1.29, 1.82) is 0 Å². The number of halogens is 1. The van der Waals surface area contributed by atoms with Crippen molar-refractivity contribution in [3.63, 3.8) is 0 Å². The van der Waals surface area contributed by atoms with Crippen molar-refractivity contribution in [3.05, 3.63) is 22.8 Å². The van der Waals surface area contributed by atoms with Gasteiger partial charge in [-0.1, -0.05) is 11.6 Å². The first kappa shape index (κ1) is 16.0. The zero-order valence-electron chi connectivity index (χ0n) is 11.8. The molecule has 9 heteroatoms. The van der Waals surface area contributed by atoms with Gasteiger partial charge in [-0.3, -0.25) is 4.79 Å². The van der Waals surface area contributed by atoms with Crippen molar-refractivity contribution in [2.75, 3.05) is 44.8 Å². The molecule has 1 fully saturated rings. The largest absolute Gasteiger partial charge is 0.373 e. The maximum absolute atomic E-state index is 12.4. The van der Waals surface area contributed by atoms with Gasteiger partial charge in [0.25, 0.3) is 5.91 Å². The van der Waals surface area contributed by atoms with E-state index in [1.54, 1.807) is 18.0 Å². The fourth-order valence-electron chi connectivity index (χ4n) is 2.15. The maximum Gasteiger partial charge on any atom is 0.254 e. The molecule has 2 rings (SSSR count). The Morgan fingerprint density at radius 1 is 1.29 bits per heavy atom.